The Bertz CT molecular complexity index is 941. The zero-order chi connectivity index (χ0) is 20.4. The molecule has 148 valence electrons. The van der Waals surface area contributed by atoms with E-state index in [0.29, 0.717) is 34.6 Å². The van der Waals surface area contributed by atoms with Crippen molar-refractivity contribution in [2.24, 2.45) is 0 Å². The third kappa shape index (κ3) is 3.63. The van der Waals surface area contributed by atoms with Gasteiger partial charge in [-0.15, -0.1) is 0 Å². The molecule has 0 amide bonds. The van der Waals surface area contributed by atoms with Gasteiger partial charge in [-0.05, 0) is 38.0 Å². The predicted molar refractivity (Wildman–Crippen MR) is 105 cm³/mol. The fourth-order valence-electron chi connectivity index (χ4n) is 3.25. The minimum Gasteiger partial charge on any atom is -0.508 e. The third-order valence-electron chi connectivity index (χ3n) is 4.81. The monoisotopic (exact) mass is 384 g/mol. The van der Waals surface area contributed by atoms with E-state index in [1.165, 1.54) is 26.4 Å². The number of hydrogen-bond donors (Lipinski definition) is 2. The first-order valence-electron chi connectivity index (χ1n) is 8.96. The van der Waals surface area contributed by atoms with Crippen LogP contribution in [0.3, 0.4) is 0 Å². The summed E-state index contributed by atoms with van der Waals surface area (Å²) < 4.78 is 16.3. The van der Waals surface area contributed by atoms with Crippen molar-refractivity contribution in [1.82, 2.24) is 0 Å². The fraction of sp³-hybridized carbons (Fsp3) is 0.318. The van der Waals surface area contributed by atoms with Crippen LogP contribution in [0.15, 0.2) is 35.9 Å². The maximum atomic E-state index is 13.2. The molecule has 0 bridgehead atoms. The van der Waals surface area contributed by atoms with Crippen molar-refractivity contribution < 1.29 is 29.2 Å². The molecular formula is C22H24O6. The van der Waals surface area contributed by atoms with E-state index in [1.54, 1.807) is 12.1 Å². The van der Waals surface area contributed by atoms with E-state index in [0.717, 1.165) is 5.57 Å². The highest BCUT2D eigenvalue weighted by atomic mass is 16.5. The Kier molecular flexibility index (Phi) is 5.49. The van der Waals surface area contributed by atoms with E-state index >= 15 is 0 Å². The highest BCUT2D eigenvalue weighted by molar-refractivity contribution is 6.05. The molecule has 2 N–H and O–H groups in total. The Morgan fingerprint density at radius 1 is 1.11 bits per heavy atom. The number of fused-ring (bicyclic) bond motifs is 1. The SMILES string of the molecule is COc1cc(C2COc3cc(O)c(CC=C(C)C)cc3C2=O)c(OC)cc1O. The maximum Gasteiger partial charge on any atom is 0.177 e. The Hall–Kier alpha value is -3.15. The summed E-state index contributed by atoms with van der Waals surface area (Å²) in [6.45, 7) is 4.05. The molecule has 6 nitrogen and oxygen atoms in total. The molecule has 28 heavy (non-hydrogen) atoms. The molecule has 0 radical (unpaired) electrons. The summed E-state index contributed by atoms with van der Waals surface area (Å²) in [7, 11) is 2.92. The summed E-state index contributed by atoms with van der Waals surface area (Å²) in [6, 6.07) is 6.19. The molecular weight excluding hydrogens is 360 g/mol. The quantitative estimate of drug-likeness (QED) is 0.759. The Morgan fingerprint density at radius 3 is 2.46 bits per heavy atom. The third-order valence-corrected chi connectivity index (χ3v) is 4.81. The van der Waals surface area contributed by atoms with Crippen molar-refractivity contribution >= 4 is 5.78 Å². The topological polar surface area (TPSA) is 85.2 Å². The molecule has 1 atom stereocenters. The number of ketones is 1. The van der Waals surface area contributed by atoms with Gasteiger partial charge in [0.15, 0.2) is 17.3 Å². The van der Waals surface area contributed by atoms with Gasteiger partial charge in [-0.25, -0.2) is 0 Å². The number of phenols is 2. The van der Waals surface area contributed by atoms with Gasteiger partial charge in [-0.1, -0.05) is 11.6 Å². The lowest BCUT2D eigenvalue weighted by atomic mass is 9.87. The summed E-state index contributed by atoms with van der Waals surface area (Å²) in [5.74, 6) is 0.289. The van der Waals surface area contributed by atoms with Crippen molar-refractivity contribution in [2.45, 2.75) is 26.2 Å². The predicted octanol–water partition coefficient (Wildman–Crippen LogP) is 3.98. The molecule has 1 aliphatic heterocycles. The summed E-state index contributed by atoms with van der Waals surface area (Å²) >= 11 is 0. The molecule has 0 aromatic heterocycles. The van der Waals surface area contributed by atoms with Crippen LogP contribution in [0.2, 0.25) is 0 Å². The first kappa shape index (κ1) is 19.6. The summed E-state index contributed by atoms with van der Waals surface area (Å²) in [6.07, 6.45) is 2.51. The van der Waals surface area contributed by atoms with Crippen LogP contribution in [0.5, 0.6) is 28.7 Å². The van der Waals surface area contributed by atoms with Crippen LogP contribution < -0.4 is 14.2 Å². The number of Topliss-reactive ketones (excluding diaryl/α,β-unsaturated/α-hetero) is 1. The van der Waals surface area contributed by atoms with Crippen molar-refractivity contribution in [3.05, 3.63) is 52.6 Å². The second-order valence-electron chi connectivity index (χ2n) is 6.96. The minimum absolute atomic E-state index is 0.0680. The lowest BCUT2D eigenvalue weighted by molar-refractivity contribution is 0.0893. The number of carbonyl (C=O) groups is 1. The van der Waals surface area contributed by atoms with Gasteiger partial charge in [-0.3, -0.25) is 4.79 Å². The average molecular weight is 384 g/mol. The number of phenolic OH excluding ortho intramolecular Hbond substituents is 2. The summed E-state index contributed by atoms with van der Waals surface area (Å²) in [4.78, 5) is 13.2. The molecule has 2 aromatic carbocycles. The number of methoxy groups -OCH3 is 2. The number of rotatable bonds is 5. The second-order valence-corrected chi connectivity index (χ2v) is 6.96. The van der Waals surface area contributed by atoms with Gasteiger partial charge in [0, 0.05) is 17.7 Å². The highest BCUT2D eigenvalue weighted by Crippen LogP contribution is 2.42. The fourth-order valence-corrected chi connectivity index (χ4v) is 3.25. The van der Waals surface area contributed by atoms with Gasteiger partial charge in [0.05, 0.1) is 25.7 Å². The molecule has 1 unspecified atom stereocenters. The van der Waals surface area contributed by atoms with Crippen molar-refractivity contribution in [2.75, 3.05) is 20.8 Å². The number of allylic oxidation sites excluding steroid dienone is 2. The number of hydrogen-bond acceptors (Lipinski definition) is 6. The van der Waals surface area contributed by atoms with Crippen molar-refractivity contribution in [3.8, 4) is 28.7 Å². The molecule has 6 heteroatoms. The van der Waals surface area contributed by atoms with Gasteiger partial charge in [0.2, 0.25) is 0 Å². The van der Waals surface area contributed by atoms with Gasteiger partial charge in [0.1, 0.15) is 23.9 Å². The standard InChI is InChI=1S/C22H24O6/c1-12(2)5-6-13-7-15-20(9-17(13)23)28-11-16(22(15)25)14-8-21(27-4)18(24)10-19(14)26-3/h5,7-10,16,23-24H,6,11H2,1-4H3. The average Bonchev–Trinajstić information content (AvgIpc) is 2.67. The van der Waals surface area contributed by atoms with E-state index in [1.807, 2.05) is 19.9 Å². The van der Waals surface area contributed by atoms with Crippen LogP contribution in [0, 0.1) is 0 Å². The first-order chi connectivity index (χ1) is 13.3. The number of benzene rings is 2. The Balaban J connectivity index is 2.03. The van der Waals surface area contributed by atoms with Gasteiger partial charge >= 0.3 is 0 Å². The Morgan fingerprint density at radius 2 is 1.82 bits per heavy atom. The molecule has 0 saturated carbocycles. The Labute approximate surface area is 164 Å². The van der Waals surface area contributed by atoms with Crippen LogP contribution in [-0.2, 0) is 6.42 Å². The second kappa shape index (κ2) is 7.84. The van der Waals surface area contributed by atoms with E-state index < -0.39 is 5.92 Å². The molecule has 3 rings (SSSR count). The van der Waals surface area contributed by atoms with E-state index in [9.17, 15) is 15.0 Å². The lowest BCUT2D eigenvalue weighted by Crippen LogP contribution is -2.26. The molecule has 2 aromatic rings. The minimum atomic E-state index is -0.613. The van der Waals surface area contributed by atoms with Crippen LogP contribution in [0.1, 0.15) is 41.3 Å². The zero-order valence-corrected chi connectivity index (χ0v) is 16.4. The van der Waals surface area contributed by atoms with Gasteiger partial charge in [-0.2, -0.15) is 0 Å². The summed E-state index contributed by atoms with van der Waals surface area (Å²) in [5.41, 5.74) is 2.78. The van der Waals surface area contributed by atoms with Crippen LogP contribution in [0.25, 0.3) is 0 Å². The normalized spacial score (nSPS) is 15.4. The molecule has 0 aliphatic carbocycles. The molecule has 1 heterocycles. The lowest BCUT2D eigenvalue weighted by Gasteiger charge is -2.26. The maximum absolute atomic E-state index is 13.2. The van der Waals surface area contributed by atoms with Crippen LogP contribution in [0.4, 0.5) is 0 Å². The van der Waals surface area contributed by atoms with E-state index in [-0.39, 0.29) is 29.6 Å². The molecule has 0 fully saturated rings. The van der Waals surface area contributed by atoms with Crippen LogP contribution >= 0.6 is 0 Å². The zero-order valence-electron chi connectivity index (χ0n) is 16.4. The molecule has 1 aliphatic rings. The molecule has 0 saturated heterocycles. The van der Waals surface area contributed by atoms with E-state index in [4.69, 9.17) is 14.2 Å². The molecule has 0 spiro atoms. The number of aromatic hydroxyl groups is 2. The van der Waals surface area contributed by atoms with Crippen molar-refractivity contribution in [1.29, 1.82) is 0 Å². The van der Waals surface area contributed by atoms with E-state index in [2.05, 4.69) is 0 Å². The smallest absolute Gasteiger partial charge is 0.177 e. The number of carbonyl (C=O) groups excluding carboxylic acids is 1. The number of ether oxygens (including phenoxy) is 3. The largest absolute Gasteiger partial charge is 0.508 e. The van der Waals surface area contributed by atoms with Crippen LogP contribution in [-0.4, -0.2) is 36.8 Å². The van der Waals surface area contributed by atoms with Gasteiger partial charge in [0.25, 0.3) is 0 Å². The first-order valence-corrected chi connectivity index (χ1v) is 8.96. The highest BCUT2D eigenvalue weighted by Gasteiger charge is 2.33. The van der Waals surface area contributed by atoms with Crippen molar-refractivity contribution in [3.63, 3.8) is 0 Å². The van der Waals surface area contributed by atoms with Gasteiger partial charge < -0.3 is 24.4 Å². The summed E-state index contributed by atoms with van der Waals surface area (Å²) in [5, 5.41) is 20.2.